The van der Waals surface area contributed by atoms with Crippen molar-refractivity contribution in [3.8, 4) is 0 Å². The summed E-state index contributed by atoms with van der Waals surface area (Å²) >= 11 is 5.30. The molecule has 0 amide bonds. The van der Waals surface area contributed by atoms with Crippen LogP contribution < -0.4 is 5.32 Å². The van der Waals surface area contributed by atoms with E-state index >= 15 is 0 Å². The van der Waals surface area contributed by atoms with Crippen LogP contribution >= 0.6 is 27.7 Å². The van der Waals surface area contributed by atoms with Crippen LogP contribution in [0.15, 0.2) is 52.4 Å². The first-order valence-corrected chi connectivity index (χ1v) is 8.44. The molecule has 2 rings (SSSR count). The second kappa shape index (κ2) is 8.39. The molecule has 0 radical (unpaired) electrons. The van der Waals surface area contributed by atoms with Crippen LogP contribution in [0.2, 0.25) is 0 Å². The first-order valence-electron chi connectivity index (χ1n) is 6.66. The number of thioether (sulfide) groups is 1. The van der Waals surface area contributed by atoms with Gasteiger partial charge in [0.05, 0.1) is 0 Å². The average Bonchev–Trinajstić information content (AvgIpc) is 2.50. The lowest BCUT2D eigenvalue weighted by molar-refractivity contribution is 0.574. The van der Waals surface area contributed by atoms with E-state index in [9.17, 15) is 0 Å². The van der Waals surface area contributed by atoms with Gasteiger partial charge in [-0.05, 0) is 37.2 Å². The van der Waals surface area contributed by atoms with Gasteiger partial charge in [-0.15, -0.1) is 11.8 Å². The highest BCUT2D eigenvalue weighted by molar-refractivity contribution is 9.10. The van der Waals surface area contributed by atoms with Gasteiger partial charge in [-0.25, -0.2) is 9.97 Å². The quantitative estimate of drug-likeness (QED) is 0.763. The zero-order chi connectivity index (χ0) is 14.2. The van der Waals surface area contributed by atoms with Gasteiger partial charge in [0.1, 0.15) is 6.33 Å². The van der Waals surface area contributed by atoms with Crippen LogP contribution in [0.1, 0.15) is 24.9 Å². The van der Waals surface area contributed by atoms with Crippen molar-refractivity contribution in [3.05, 3.63) is 53.0 Å². The zero-order valence-corrected chi connectivity index (χ0v) is 13.8. The summed E-state index contributed by atoms with van der Waals surface area (Å²) < 4.78 is 1.11. The number of hydrogen-bond donors (Lipinski definition) is 1. The van der Waals surface area contributed by atoms with E-state index in [2.05, 4.69) is 62.4 Å². The summed E-state index contributed by atoms with van der Waals surface area (Å²) in [4.78, 5) is 9.50. The highest BCUT2D eigenvalue weighted by Gasteiger charge is 2.11. The minimum absolute atomic E-state index is 0.282. The normalized spacial score (nSPS) is 12.3. The molecule has 1 N–H and O–H groups in total. The maximum atomic E-state index is 4.11. The first kappa shape index (κ1) is 15.5. The largest absolute Gasteiger partial charge is 0.309 e. The zero-order valence-electron chi connectivity index (χ0n) is 11.4. The van der Waals surface area contributed by atoms with E-state index in [-0.39, 0.29) is 6.04 Å². The van der Waals surface area contributed by atoms with Crippen LogP contribution in [0.5, 0.6) is 0 Å². The predicted octanol–water partition coefficient (Wildman–Crippen LogP) is 4.07. The highest BCUT2D eigenvalue weighted by Crippen LogP contribution is 2.25. The molecule has 0 saturated heterocycles. The number of benzene rings is 1. The van der Waals surface area contributed by atoms with E-state index in [1.807, 2.05) is 24.2 Å². The summed E-state index contributed by atoms with van der Waals surface area (Å²) in [6.07, 6.45) is 6.47. The van der Waals surface area contributed by atoms with Gasteiger partial charge in [-0.2, -0.15) is 0 Å². The van der Waals surface area contributed by atoms with Crippen molar-refractivity contribution in [3.63, 3.8) is 0 Å². The van der Waals surface area contributed by atoms with Gasteiger partial charge >= 0.3 is 0 Å². The summed E-state index contributed by atoms with van der Waals surface area (Å²) in [7, 11) is 0. The Morgan fingerprint density at radius 2 is 1.90 bits per heavy atom. The molecule has 0 aliphatic carbocycles. The fourth-order valence-corrected chi connectivity index (χ4v) is 3.05. The Morgan fingerprint density at radius 3 is 2.55 bits per heavy atom. The Bertz CT molecular complexity index is 504. The number of nitrogens with one attached hydrogen (secondary N) is 1. The molecule has 1 aromatic carbocycles. The summed E-state index contributed by atoms with van der Waals surface area (Å²) in [5, 5.41) is 3.56. The smallest absolute Gasteiger partial charge is 0.115 e. The Morgan fingerprint density at radius 1 is 1.20 bits per heavy atom. The van der Waals surface area contributed by atoms with E-state index in [1.165, 1.54) is 4.90 Å². The van der Waals surface area contributed by atoms with Gasteiger partial charge < -0.3 is 5.32 Å². The summed E-state index contributed by atoms with van der Waals surface area (Å²) in [5.41, 5.74) is 1.14. The molecule has 0 fully saturated rings. The first-order chi connectivity index (χ1) is 9.79. The van der Waals surface area contributed by atoms with E-state index in [0.717, 1.165) is 28.8 Å². The molecule has 1 unspecified atom stereocenters. The molecule has 2 aromatic rings. The van der Waals surface area contributed by atoms with Crippen LogP contribution in [0.4, 0.5) is 0 Å². The minimum Gasteiger partial charge on any atom is -0.309 e. The van der Waals surface area contributed by atoms with Crippen LogP contribution in [-0.2, 0) is 0 Å². The number of rotatable bonds is 7. The van der Waals surface area contributed by atoms with Crippen molar-refractivity contribution in [1.29, 1.82) is 0 Å². The molecule has 0 spiro atoms. The predicted molar refractivity (Wildman–Crippen MR) is 87.9 cm³/mol. The molecule has 20 heavy (non-hydrogen) atoms. The number of nitrogens with zero attached hydrogens (tertiary/aromatic N) is 2. The third kappa shape index (κ3) is 4.89. The van der Waals surface area contributed by atoms with Gasteiger partial charge in [0.25, 0.3) is 0 Å². The molecule has 0 aliphatic rings. The standard InChI is InChI=1S/C15H18BrN3S/c1-2-7-19-15(12-8-17-11-18-9-12)10-20-14-5-3-13(16)4-6-14/h3-6,8-9,11,15,19H,2,7,10H2,1H3. The molecule has 1 aromatic heterocycles. The lowest BCUT2D eigenvalue weighted by Gasteiger charge is -2.17. The Balaban J connectivity index is 1.99. The van der Waals surface area contributed by atoms with Gasteiger partial charge in [0.15, 0.2) is 0 Å². The lowest BCUT2D eigenvalue weighted by Crippen LogP contribution is -2.24. The summed E-state index contributed by atoms with van der Waals surface area (Å²) in [6, 6.07) is 8.69. The van der Waals surface area contributed by atoms with Crippen molar-refractivity contribution in [1.82, 2.24) is 15.3 Å². The Kier molecular flexibility index (Phi) is 6.50. The fourth-order valence-electron chi connectivity index (χ4n) is 1.79. The number of aromatic nitrogens is 2. The molecule has 0 bridgehead atoms. The molecule has 3 nitrogen and oxygen atoms in total. The molecule has 1 atom stereocenters. The van der Waals surface area contributed by atoms with Crippen molar-refractivity contribution >= 4 is 27.7 Å². The van der Waals surface area contributed by atoms with Crippen molar-refractivity contribution in [2.75, 3.05) is 12.3 Å². The van der Waals surface area contributed by atoms with Crippen molar-refractivity contribution < 1.29 is 0 Å². The molecular formula is C15H18BrN3S. The van der Waals surface area contributed by atoms with Gasteiger partial charge in [0.2, 0.25) is 0 Å². The Hall–Kier alpha value is -0.910. The number of hydrogen-bond acceptors (Lipinski definition) is 4. The lowest BCUT2D eigenvalue weighted by atomic mass is 10.2. The van der Waals surface area contributed by atoms with E-state index in [0.29, 0.717) is 0 Å². The Labute approximate surface area is 132 Å². The van der Waals surface area contributed by atoms with Crippen LogP contribution in [0.25, 0.3) is 0 Å². The maximum absolute atomic E-state index is 4.11. The average molecular weight is 352 g/mol. The minimum atomic E-state index is 0.282. The second-order valence-corrected chi connectivity index (χ2v) is 6.45. The second-order valence-electron chi connectivity index (χ2n) is 4.44. The molecule has 0 saturated carbocycles. The van der Waals surface area contributed by atoms with Crippen LogP contribution in [0, 0.1) is 0 Å². The van der Waals surface area contributed by atoms with Gasteiger partial charge in [-0.3, -0.25) is 0 Å². The number of halogens is 1. The summed E-state index contributed by atoms with van der Waals surface area (Å²) in [6.45, 7) is 3.17. The SMILES string of the molecule is CCCNC(CSc1ccc(Br)cc1)c1cncnc1. The monoisotopic (exact) mass is 351 g/mol. The van der Waals surface area contributed by atoms with Crippen molar-refractivity contribution in [2.45, 2.75) is 24.3 Å². The molecular weight excluding hydrogens is 334 g/mol. The topological polar surface area (TPSA) is 37.8 Å². The van der Waals surface area contributed by atoms with Gasteiger partial charge in [0, 0.05) is 39.1 Å². The van der Waals surface area contributed by atoms with Crippen LogP contribution in [-0.4, -0.2) is 22.3 Å². The maximum Gasteiger partial charge on any atom is 0.115 e. The third-order valence-corrected chi connectivity index (χ3v) is 4.49. The third-order valence-electron chi connectivity index (χ3n) is 2.85. The highest BCUT2D eigenvalue weighted by atomic mass is 79.9. The van der Waals surface area contributed by atoms with E-state index in [1.54, 1.807) is 6.33 Å². The fraction of sp³-hybridized carbons (Fsp3) is 0.333. The summed E-state index contributed by atoms with van der Waals surface area (Å²) in [5.74, 6) is 0.967. The molecule has 0 aliphatic heterocycles. The molecule has 1 heterocycles. The van der Waals surface area contributed by atoms with E-state index < -0.39 is 0 Å². The molecule has 106 valence electrons. The molecule has 5 heteroatoms. The van der Waals surface area contributed by atoms with Crippen LogP contribution in [0.3, 0.4) is 0 Å². The van der Waals surface area contributed by atoms with Crippen molar-refractivity contribution in [2.24, 2.45) is 0 Å². The van der Waals surface area contributed by atoms with E-state index in [4.69, 9.17) is 0 Å². The van der Waals surface area contributed by atoms with Gasteiger partial charge in [-0.1, -0.05) is 22.9 Å².